The van der Waals surface area contributed by atoms with Gasteiger partial charge in [-0.1, -0.05) is 0 Å². The minimum atomic E-state index is -5.29. The molecule has 0 radical (unpaired) electrons. The van der Waals surface area contributed by atoms with Gasteiger partial charge in [-0.15, -0.1) is 3.89 Å². The average Bonchev–Trinajstić information content (AvgIpc) is 2.15. The Morgan fingerprint density at radius 1 is 1.12 bits per heavy atom. The zero-order chi connectivity index (χ0) is 12.5. The SMILES string of the molecule is O=[N+]([O-])c1ccc(S(=O)(=O)F)c([N+](=O)[O-])c1. The van der Waals surface area contributed by atoms with Crippen LogP contribution in [-0.2, 0) is 10.2 Å². The first kappa shape index (κ1) is 12.0. The van der Waals surface area contributed by atoms with Gasteiger partial charge in [-0.3, -0.25) is 20.2 Å². The maximum absolute atomic E-state index is 12.6. The molecule has 86 valence electrons. The van der Waals surface area contributed by atoms with E-state index < -0.39 is 36.3 Å². The third-order valence-electron chi connectivity index (χ3n) is 1.61. The Balaban J connectivity index is 3.55. The number of nitro benzene ring substituents is 2. The van der Waals surface area contributed by atoms with Crippen LogP contribution in [0.2, 0.25) is 0 Å². The molecule has 0 heterocycles. The van der Waals surface area contributed by atoms with Crippen molar-refractivity contribution in [2.45, 2.75) is 4.90 Å². The molecule has 0 aliphatic rings. The van der Waals surface area contributed by atoms with Gasteiger partial charge in [0, 0.05) is 6.07 Å². The molecule has 1 rings (SSSR count). The van der Waals surface area contributed by atoms with E-state index in [9.17, 15) is 32.5 Å². The van der Waals surface area contributed by atoms with E-state index in [0.29, 0.717) is 18.2 Å². The second-order valence-corrected chi connectivity index (χ2v) is 3.92. The Hall–Kier alpha value is -2.10. The minimum Gasteiger partial charge on any atom is -0.258 e. The summed E-state index contributed by atoms with van der Waals surface area (Å²) in [6.07, 6.45) is 0. The number of non-ortho nitro benzene ring substituents is 1. The first-order chi connectivity index (χ1) is 7.23. The van der Waals surface area contributed by atoms with Crippen LogP contribution in [0.4, 0.5) is 15.3 Å². The molecule has 0 spiro atoms. The van der Waals surface area contributed by atoms with Crippen molar-refractivity contribution in [2.75, 3.05) is 0 Å². The summed E-state index contributed by atoms with van der Waals surface area (Å²) in [6, 6.07) is 1.53. The molecule has 16 heavy (non-hydrogen) atoms. The van der Waals surface area contributed by atoms with Gasteiger partial charge in [-0.25, -0.2) is 0 Å². The summed E-state index contributed by atoms with van der Waals surface area (Å²) >= 11 is 0. The highest BCUT2D eigenvalue weighted by atomic mass is 32.3. The van der Waals surface area contributed by atoms with Crippen molar-refractivity contribution in [1.82, 2.24) is 0 Å². The molecule has 0 saturated heterocycles. The number of rotatable bonds is 3. The summed E-state index contributed by atoms with van der Waals surface area (Å²) in [5.74, 6) is 0. The predicted molar refractivity (Wildman–Crippen MR) is 48.0 cm³/mol. The van der Waals surface area contributed by atoms with Gasteiger partial charge in [-0.05, 0) is 6.07 Å². The summed E-state index contributed by atoms with van der Waals surface area (Å²) in [7, 11) is -5.29. The normalized spacial score (nSPS) is 11.1. The summed E-state index contributed by atoms with van der Waals surface area (Å²) in [5.41, 5.74) is -1.86. The molecule has 0 amide bonds. The molecule has 0 aliphatic heterocycles. The zero-order valence-electron chi connectivity index (χ0n) is 7.36. The second-order valence-electron chi connectivity index (χ2n) is 2.60. The molecule has 8 nitrogen and oxygen atoms in total. The third kappa shape index (κ3) is 2.28. The molecular weight excluding hydrogens is 247 g/mol. The van der Waals surface area contributed by atoms with E-state index in [0.717, 1.165) is 0 Å². The van der Waals surface area contributed by atoms with Crippen LogP contribution in [0.1, 0.15) is 0 Å². The molecule has 0 aromatic heterocycles. The quantitative estimate of drug-likeness (QED) is 0.450. The van der Waals surface area contributed by atoms with Crippen molar-refractivity contribution in [3.05, 3.63) is 38.4 Å². The largest absolute Gasteiger partial charge is 0.338 e. The highest BCUT2D eigenvalue weighted by molar-refractivity contribution is 7.86. The maximum atomic E-state index is 12.6. The molecule has 0 saturated carbocycles. The number of halogens is 1. The summed E-state index contributed by atoms with van der Waals surface area (Å²) in [4.78, 5) is 17.3. The number of nitrogens with zero attached hydrogens (tertiary/aromatic N) is 2. The van der Waals surface area contributed by atoms with Crippen LogP contribution in [0.3, 0.4) is 0 Å². The van der Waals surface area contributed by atoms with Crippen LogP contribution < -0.4 is 0 Å². The summed E-state index contributed by atoms with van der Waals surface area (Å²) in [6.45, 7) is 0. The third-order valence-corrected chi connectivity index (χ3v) is 2.48. The molecular formula is C6H3FN2O6S. The highest BCUT2D eigenvalue weighted by Gasteiger charge is 2.28. The standard InChI is InChI=1S/C6H3FN2O6S/c7-16(14,15)6-2-1-4(8(10)11)3-5(6)9(12)13/h1-3H. The van der Waals surface area contributed by atoms with Crippen LogP contribution in [0.5, 0.6) is 0 Å². The smallest absolute Gasteiger partial charge is 0.258 e. The Labute approximate surface area is 87.8 Å². The molecule has 0 atom stereocenters. The molecule has 1 aromatic rings. The van der Waals surface area contributed by atoms with E-state index in [-0.39, 0.29) is 0 Å². The predicted octanol–water partition coefficient (Wildman–Crippen LogP) is 1.16. The van der Waals surface area contributed by atoms with Crippen molar-refractivity contribution in [3.63, 3.8) is 0 Å². The van der Waals surface area contributed by atoms with E-state index >= 15 is 0 Å². The van der Waals surface area contributed by atoms with Gasteiger partial charge in [0.2, 0.25) is 0 Å². The van der Waals surface area contributed by atoms with E-state index in [4.69, 9.17) is 0 Å². The monoisotopic (exact) mass is 250 g/mol. The molecule has 1 aromatic carbocycles. The molecule has 0 N–H and O–H groups in total. The lowest BCUT2D eigenvalue weighted by atomic mass is 10.3. The van der Waals surface area contributed by atoms with Crippen LogP contribution in [0, 0.1) is 20.2 Å². The zero-order valence-corrected chi connectivity index (χ0v) is 8.18. The number of nitro groups is 2. The van der Waals surface area contributed by atoms with Gasteiger partial charge >= 0.3 is 10.2 Å². The van der Waals surface area contributed by atoms with Gasteiger partial charge in [0.1, 0.15) is 0 Å². The Morgan fingerprint density at radius 3 is 2.06 bits per heavy atom. The first-order valence-corrected chi connectivity index (χ1v) is 4.99. The molecule has 10 heteroatoms. The Kier molecular flexibility index (Phi) is 2.85. The number of benzene rings is 1. The highest BCUT2D eigenvalue weighted by Crippen LogP contribution is 2.29. The molecule has 0 unspecified atom stereocenters. The van der Waals surface area contributed by atoms with Gasteiger partial charge < -0.3 is 0 Å². The molecule has 0 bridgehead atoms. The van der Waals surface area contributed by atoms with Gasteiger partial charge in [-0.2, -0.15) is 8.42 Å². The van der Waals surface area contributed by atoms with Crippen LogP contribution in [0.25, 0.3) is 0 Å². The Bertz CT molecular complexity index is 568. The topological polar surface area (TPSA) is 120 Å². The van der Waals surface area contributed by atoms with Crippen molar-refractivity contribution in [3.8, 4) is 0 Å². The van der Waals surface area contributed by atoms with Crippen LogP contribution >= 0.6 is 0 Å². The fourth-order valence-electron chi connectivity index (χ4n) is 0.968. The number of hydrogen-bond donors (Lipinski definition) is 0. The lowest BCUT2D eigenvalue weighted by Crippen LogP contribution is -2.00. The van der Waals surface area contributed by atoms with E-state index in [2.05, 4.69) is 0 Å². The van der Waals surface area contributed by atoms with E-state index in [1.165, 1.54) is 0 Å². The van der Waals surface area contributed by atoms with Crippen molar-refractivity contribution in [2.24, 2.45) is 0 Å². The van der Waals surface area contributed by atoms with Crippen LogP contribution in [-0.4, -0.2) is 18.3 Å². The van der Waals surface area contributed by atoms with Gasteiger partial charge in [0.25, 0.3) is 11.4 Å². The van der Waals surface area contributed by atoms with Gasteiger partial charge in [0.05, 0.1) is 15.9 Å². The fraction of sp³-hybridized carbons (Fsp3) is 0. The maximum Gasteiger partial charge on any atom is 0.338 e. The molecule has 0 fully saturated rings. The van der Waals surface area contributed by atoms with E-state index in [1.54, 1.807) is 0 Å². The lowest BCUT2D eigenvalue weighted by molar-refractivity contribution is -0.396. The van der Waals surface area contributed by atoms with Gasteiger partial charge in [0.15, 0.2) is 4.90 Å². The van der Waals surface area contributed by atoms with Crippen molar-refractivity contribution < 1.29 is 22.2 Å². The van der Waals surface area contributed by atoms with Crippen LogP contribution in [0.15, 0.2) is 23.1 Å². The Morgan fingerprint density at radius 2 is 1.69 bits per heavy atom. The minimum absolute atomic E-state index is 0.381. The van der Waals surface area contributed by atoms with E-state index in [1.807, 2.05) is 0 Å². The van der Waals surface area contributed by atoms with Crippen molar-refractivity contribution >= 4 is 21.6 Å². The first-order valence-electron chi connectivity index (χ1n) is 3.61. The summed E-state index contributed by atoms with van der Waals surface area (Å²) in [5, 5.41) is 20.7. The number of hydrogen-bond acceptors (Lipinski definition) is 6. The second kappa shape index (κ2) is 3.81. The lowest BCUT2D eigenvalue weighted by Gasteiger charge is -1.97. The summed E-state index contributed by atoms with van der Waals surface area (Å²) < 4.78 is 33.6. The van der Waals surface area contributed by atoms with Crippen molar-refractivity contribution in [1.29, 1.82) is 0 Å². The molecule has 0 aliphatic carbocycles. The fourth-order valence-corrected chi connectivity index (χ4v) is 1.58. The average molecular weight is 250 g/mol.